The Labute approximate surface area is 180 Å². The van der Waals surface area contributed by atoms with E-state index in [1.807, 2.05) is 49.4 Å². The Morgan fingerprint density at radius 3 is 2.19 bits per heavy atom. The van der Waals surface area contributed by atoms with Crippen LogP contribution in [0.15, 0.2) is 83.8 Å². The van der Waals surface area contributed by atoms with Crippen LogP contribution in [0.4, 0.5) is 0 Å². The van der Waals surface area contributed by atoms with Gasteiger partial charge in [0.05, 0.1) is 32.7 Å². The van der Waals surface area contributed by atoms with Crippen molar-refractivity contribution in [3.05, 3.63) is 90.1 Å². The average Bonchev–Trinajstić information content (AvgIpc) is 3.13. The van der Waals surface area contributed by atoms with E-state index >= 15 is 0 Å². The van der Waals surface area contributed by atoms with Gasteiger partial charge in [-0.2, -0.15) is 0 Å². The molecule has 3 aromatic carbocycles. The standard InChI is InChI=1S/C25H20N2O3S/c1-16-12-14-19(15-13-16)31(29,30)27-21-11-7-6-10-20(21)22-24(27)23(26-17(2)25(22)28)18-8-4-3-5-9-18/h3-15,28H,1-2H3. The number of benzene rings is 3. The van der Waals surface area contributed by atoms with Crippen molar-refractivity contribution in [2.24, 2.45) is 0 Å². The Balaban J connectivity index is 2.01. The molecule has 1 N–H and O–H groups in total. The molecular formula is C25H20N2O3S. The fraction of sp³-hybridized carbons (Fsp3) is 0.0800. The van der Waals surface area contributed by atoms with Gasteiger partial charge >= 0.3 is 0 Å². The number of rotatable bonds is 3. The maximum Gasteiger partial charge on any atom is 0.268 e. The molecule has 0 fully saturated rings. The van der Waals surface area contributed by atoms with E-state index in [1.54, 1.807) is 43.3 Å². The average molecular weight is 429 g/mol. The second kappa shape index (κ2) is 6.96. The normalized spacial score (nSPS) is 11.9. The molecule has 5 rings (SSSR count). The van der Waals surface area contributed by atoms with E-state index in [0.29, 0.717) is 33.2 Å². The molecule has 0 aliphatic heterocycles. The quantitative estimate of drug-likeness (QED) is 0.417. The Morgan fingerprint density at radius 2 is 1.48 bits per heavy atom. The lowest BCUT2D eigenvalue weighted by atomic mass is 10.1. The maximum absolute atomic E-state index is 13.9. The Morgan fingerprint density at radius 1 is 0.839 bits per heavy atom. The van der Waals surface area contributed by atoms with Crippen LogP contribution in [0.2, 0.25) is 0 Å². The van der Waals surface area contributed by atoms with Crippen LogP contribution in [0.3, 0.4) is 0 Å². The van der Waals surface area contributed by atoms with Gasteiger partial charge in [-0.25, -0.2) is 17.4 Å². The van der Waals surface area contributed by atoms with E-state index in [1.165, 1.54) is 3.97 Å². The smallest absolute Gasteiger partial charge is 0.268 e. The summed E-state index contributed by atoms with van der Waals surface area (Å²) in [6.07, 6.45) is 0. The molecule has 0 unspecified atom stereocenters. The van der Waals surface area contributed by atoms with E-state index < -0.39 is 10.0 Å². The van der Waals surface area contributed by atoms with Gasteiger partial charge in [-0.1, -0.05) is 66.2 Å². The number of aryl methyl sites for hydroxylation is 2. The zero-order chi connectivity index (χ0) is 21.8. The lowest BCUT2D eigenvalue weighted by Crippen LogP contribution is -2.13. The summed E-state index contributed by atoms with van der Waals surface area (Å²) in [5, 5.41) is 12.1. The summed E-state index contributed by atoms with van der Waals surface area (Å²) in [7, 11) is -3.96. The third-order valence-corrected chi connectivity index (χ3v) is 7.25. The minimum Gasteiger partial charge on any atom is -0.505 e. The van der Waals surface area contributed by atoms with Crippen molar-refractivity contribution in [1.29, 1.82) is 0 Å². The molecule has 31 heavy (non-hydrogen) atoms. The van der Waals surface area contributed by atoms with Crippen molar-refractivity contribution < 1.29 is 13.5 Å². The molecule has 0 spiro atoms. The molecule has 0 aliphatic rings. The molecule has 0 radical (unpaired) electrons. The van der Waals surface area contributed by atoms with Gasteiger partial charge in [0, 0.05) is 10.9 Å². The highest BCUT2D eigenvalue weighted by molar-refractivity contribution is 7.90. The van der Waals surface area contributed by atoms with Crippen molar-refractivity contribution in [1.82, 2.24) is 8.96 Å². The molecule has 0 bridgehead atoms. The molecule has 5 nitrogen and oxygen atoms in total. The molecule has 0 amide bonds. The predicted octanol–water partition coefficient (Wildman–Crippen LogP) is 5.42. The van der Waals surface area contributed by atoms with Gasteiger partial charge in [0.1, 0.15) is 5.75 Å². The third-order valence-electron chi connectivity index (χ3n) is 5.52. The summed E-state index contributed by atoms with van der Waals surface area (Å²) in [6.45, 7) is 3.64. The molecular weight excluding hydrogens is 408 g/mol. The van der Waals surface area contributed by atoms with Crippen molar-refractivity contribution in [2.75, 3.05) is 0 Å². The first kappa shape index (κ1) is 19.3. The monoisotopic (exact) mass is 428 g/mol. The van der Waals surface area contributed by atoms with E-state index in [4.69, 9.17) is 0 Å². The van der Waals surface area contributed by atoms with E-state index in [0.717, 1.165) is 11.1 Å². The number of fused-ring (bicyclic) bond motifs is 3. The first-order chi connectivity index (χ1) is 14.9. The molecule has 2 aromatic heterocycles. The zero-order valence-electron chi connectivity index (χ0n) is 17.1. The molecule has 0 saturated carbocycles. The molecule has 0 atom stereocenters. The summed E-state index contributed by atoms with van der Waals surface area (Å²) >= 11 is 0. The highest BCUT2D eigenvalue weighted by atomic mass is 32.2. The van der Waals surface area contributed by atoms with Gasteiger partial charge in [0.15, 0.2) is 0 Å². The number of hydrogen-bond acceptors (Lipinski definition) is 4. The number of aromatic nitrogens is 2. The summed E-state index contributed by atoms with van der Waals surface area (Å²) in [4.78, 5) is 4.79. The van der Waals surface area contributed by atoms with Crippen LogP contribution >= 0.6 is 0 Å². The Hall–Kier alpha value is -3.64. The number of hydrogen-bond donors (Lipinski definition) is 1. The number of aromatic hydroxyl groups is 1. The van der Waals surface area contributed by atoms with E-state index in [9.17, 15) is 13.5 Å². The second-order valence-corrected chi connectivity index (χ2v) is 9.37. The highest BCUT2D eigenvalue weighted by Crippen LogP contribution is 2.42. The van der Waals surface area contributed by atoms with Gasteiger partial charge in [-0.3, -0.25) is 0 Å². The number of pyridine rings is 1. The van der Waals surface area contributed by atoms with E-state index in [-0.39, 0.29) is 10.6 Å². The van der Waals surface area contributed by atoms with Gasteiger partial charge in [-0.15, -0.1) is 0 Å². The summed E-state index contributed by atoms with van der Waals surface area (Å²) in [5.74, 6) is -0.0104. The minimum absolute atomic E-state index is 0.0104. The zero-order valence-corrected chi connectivity index (χ0v) is 17.9. The summed E-state index contributed by atoms with van der Waals surface area (Å²) in [6, 6.07) is 23.4. The number of nitrogens with zero attached hydrogens (tertiary/aromatic N) is 2. The topological polar surface area (TPSA) is 72.2 Å². The Kier molecular flexibility index (Phi) is 4.34. The van der Waals surface area contributed by atoms with Crippen molar-refractivity contribution >= 4 is 31.8 Å². The van der Waals surface area contributed by atoms with Gasteiger partial charge in [0.25, 0.3) is 10.0 Å². The van der Waals surface area contributed by atoms with Crippen molar-refractivity contribution in [3.8, 4) is 17.0 Å². The molecule has 0 saturated heterocycles. The van der Waals surface area contributed by atoms with Crippen LogP contribution in [-0.4, -0.2) is 22.5 Å². The minimum atomic E-state index is -3.96. The third kappa shape index (κ3) is 2.91. The van der Waals surface area contributed by atoms with Crippen molar-refractivity contribution in [2.45, 2.75) is 18.7 Å². The van der Waals surface area contributed by atoms with E-state index in [2.05, 4.69) is 4.98 Å². The first-order valence-electron chi connectivity index (χ1n) is 9.90. The van der Waals surface area contributed by atoms with Crippen LogP contribution in [0.5, 0.6) is 5.75 Å². The molecule has 6 heteroatoms. The van der Waals surface area contributed by atoms with Gasteiger partial charge in [-0.05, 0) is 32.0 Å². The molecule has 0 aliphatic carbocycles. The summed E-state index contributed by atoms with van der Waals surface area (Å²) < 4.78 is 29.1. The van der Waals surface area contributed by atoms with Gasteiger partial charge in [0.2, 0.25) is 0 Å². The highest BCUT2D eigenvalue weighted by Gasteiger charge is 2.28. The fourth-order valence-corrected chi connectivity index (χ4v) is 5.51. The van der Waals surface area contributed by atoms with Crippen LogP contribution in [-0.2, 0) is 10.0 Å². The van der Waals surface area contributed by atoms with Crippen molar-refractivity contribution in [3.63, 3.8) is 0 Å². The lowest BCUT2D eigenvalue weighted by Gasteiger charge is -2.13. The lowest BCUT2D eigenvalue weighted by molar-refractivity contribution is 0.475. The van der Waals surface area contributed by atoms with Crippen LogP contribution in [0.25, 0.3) is 33.1 Å². The molecule has 2 heterocycles. The predicted molar refractivity (Wildman–Crippen MR) is 123 cm³/mol. The SMILES string of the molecule is Cc1ccc(S(=O)(=O)n2c3ccccc3c3c(O)c(C)nc(-c4ccccc4)c32)cc1. The maximum atomic E-state index is 13.9. The van der Waals surface area contributed by atoms with Crippen LogP contribution in [0, 0.1) is 13.8 Å². The van der Waals surface area contributed by atoms with Crippen LogP contribution < -0.4 is 0 Å². The fourth-order valence-electron chi connectivity index (χ4n) is 3.98. The first-order valence-corrected chi connectivity index (χ1v) is 11.3. The number of para-hydroxylation sites is 1. The largest absolute Gasteiger partial charge is 0.505 e. The second-order valence-electron chi connectivity index (χ2n) is 7.58. The molecule has 154 valence electrons. The Bertz CT molecular complexity index is 1550. The van der Waals surface area contributed by atoms with Gasteiger partial charge < -0.3 is 5.11 Å². The van der Waals surface area contributed by atoms with Crippen LogP contribution in [0.1, 0.15) is 11.3 Å². The summed E-state index contributed by atoms with van der Waals surface area (Å²) in [5.41, 5.74) is 3.58. The molecule has 5 aromatic rings.